The lowest BCUT2D eigenvalue weighted by molar-refractivity contribution is -0.141. The molecule has 0 aromatic heterocycles. The first kappa shape index (κ1) is 11.9. The lowest BCUT2D eigenvalue weighted by atomic mass is 10.2. The van der Waals surface area contributed by atoms with Crippen LogP contribution in [0.4, 0.5) is 0 Å². The number of carbonyl (C=O) groups excluding carboxylic acids is 2. The summed E-state index contributed by atoms with van der Waals surface area (Å²) >= 11 is 3.61. The Labute approximate surface area is 92.3 Å². The van der Waals surface area contributed by atoms with Crippen molar-refractivity contribution in [3.05, 3.63) is 0 Å². The quantitative estimate of drug-likeness (QED) is 0.535. The van der Waals surface area contributed by atoms with Crippen molar-refractivity contribution in [1.29, 1.82) is 0 Å². The Kier molecular flexibility index (Phi) is 4.81. The first-order valence-corrected chi connectivity index (χ1v) is 6.50. The second-order valence-electron chi connectivity index (χ2n) is 3.07. The maximum absolute atomic E-state index is 10.6. The first-order chi connectivity index (χ1) is 6.68. The molecule has 0 radical (unpaired) electrons. The summed E-state index contributed by atoms with van der Waals surface area (Å²) in [4.78, 5) is 21.1. The van der Waals surface area contributed by atoms with Gasteiger partial charge in [-0.1, -0.05) is 0 Å². The normalized spacial score (nSPS) is 19.2. The fraction of sp³-hybridized carbons (Fsp3) is 0.778. The Morgan fingerprint density at radius 2 is 2.14 bits per heavy atom. The molecule has 0 unspecified atom stereocenters. The average molecular weight is 234 g/mol. The van der Waals surface area contributed by atoms with Crippen molar-refractivity contribution >= 4 is 35.8 Å². The predicted molar refractivity (Wildman–Crippen MR) is 59.6 cm³/mol. The second kappa shape index (κ2) is 5.66. The summed E-state index contributed by atoms with van der Waals surface area (Å²) < 4.78 is 4.86. The zero-order chi connectivity index (χ0) is 10.4. The third-order valence-corrected chi connectivity index (χ3v) is 5.57. The Bertz CT molecular complexity index is 212. The standard InChI is InChI=1S/C9H14O3S2/c1-8(11)12-5-3-9(2-4-10)13-6-7-14-9/h4H,2-3,5-7H2,1H3. The third-order valence-electron chi connectivity index (χ3n) is 2.00. The van der Waals surface area contributed by atoms with Gasteiger partial charge in [0.15, 0.2) is 0 Å². The number of hydrogen-bond acceptors (Lipinski definition) is 5. The van der Waals surface area contributed by atoms with Crippen molar-refractivity contribution in [3.8, 4) is 0 Å². The fourth-order valence-corrected chi connectivity index (χ4v) is 4.41. The van der Waals surface area contributed by atoms with E-state index in [0.717, 1.165) is 24.2 Å². The SMILES string of the molecule is CC(=O)OCCC1(CC=O)SCCS1. The molecule has 1 saturated heterocycles. The summed E-state index contributed by atoms with van der Waals surface area (Å²) in [6, 6.07) is 0. The van der Waals surface area contributed by atoms with E-state index >= 15 is 0 Å². The smallest absolute Gasteiger partial charge is 0.302 e. The van der Waals surface area contributed by atoms with E-state index in [4.69, 9.17) is 4.74 Å². The van der Waals surface area contributed by atoms with Gasteiger partial charge < -0.3 is 9.53 Å². The van der Waals surface area contributed by atoms with Crippen LogP contribution in [0.15, 0.2) is 0 Å². The summed E-state index contributed by atoms with van der Waals surface area (Å²) in [6.45, 7) is 1.82. The van der Waals surface area contributed by atoms with E-state index in [1.54, 1.807) is 23.5 Å². The number of rotatable bonds is 5. The van der Waals surface area contributed by atoms with Crippen LogP contribution in [0, 0.1) is 0 Å². The fourth-order valence-electron chi connectivity index (χ4n) is 1.34. The topological polar surface area (TPSA) is 43.4 Å². The maximum Gasteiger partial charge on any atom is 0.302 e. The van der Waals surface area contributed by atoms with Crippen LogP contribution in [0.5, 0.6) is 0 Å². The molecular weight excluding hydrogens is 220 g/mol. The molecule has 1 fully saturated rings. The third kappa shape index (κ3) is 3.53. The van der Waals surface area contributed by atoms with E-state index in [-0.39, 0.29) is 10.0 Å². The second-order valence-corrected chi connectivity index (χ2v) is 6.28. The molecule has 0 atom stereocenters. The van der Waals surface area contributed by atoms with Crippen molar-refractivity contribution in [2.24, 2.45) is 0 Å². The van der Waals surface area contributed by atoms with E-state index in [0.29, 0.717) is 13.0 Å². The Hall–Kier alpha value is -0.160. The van der Waals surface area contributed by atoms with Gasteiger partial charge >= 0.3 is 5.97 Å². The van der Waals surface area contributed by atoms with Crippen LogP contribution in [0.25, 0.3) is 0 Å². The summed E-state index contributed by atoms with van der Waals surface area (Å²) in [5.41, 5.74) is 0. The molecule has 1 heterocycles. The van der Waals surface area contributed by atoms with Gasteiger partial charge in [0.05, 0.1) is 10.7 Å². The highest BCUT2D eigenvalue weighted by atomic mass is 32.2. The highest BCUT2D eigenvalue weighted by Crippen LogP contribution is 2.48. The van der Waals surface area contributed by atoms with Crippen molar-refractivity contribution < 1.29 is 14.3 Å². The van der Waals surface area contributed by atoms with Gasteiger partial charge in [-0.15, -0.1) is 23.5 Å². The minimum Gasteiger partial charge on any atom is -0.466 e. The van der Waals surface area contributed by atoms with Crippen molar-refractivity contribution in [2.75, 3.05) is 18.1 Å². The number of thioether (sulfide) groups is 2. The molecule has 0 aromatic carbocycles. The van der Waals surface area contributed by atoms with Gasteiger partial charge in [0.25, 0.3) is 0 Å². The number of carbonyl (C=O) groups is 2. The van der Waals surface area contributed by atoms with E-state index in [1.807, 2.05) is 0 Å². The van der Waals surface area contributed by atoms with Gasteiger partial charge in [-0.3, -0.25) is 4.79 Å². The van der Waals surface area contributed by atoms with Crippen LogP contribution in [0.3, 0.4) is 0 Å². The Morgan fingerprint density at radius 1 is 1.50 bits per heavy atom. The molecule has 0 N–H and O–H groups in total. The molecule has 5 heteroatoms. The molecule has 1 aliphatic rings. The number of esters is 1. The van der Waals surface area contributed by atoms with E-state index in [9.17, 15) is 9.59 Å². The zero-order valence-electron chi connectivity index (χ0n) is 8.15. The molecule has 1 rings (SSSR count). The Balaban J connectivity index is 2.35. The average Bonchev–Trinajstić information content (AvgIpc) is 2.53. The highest BCUT2D eigenvalue weighted by molar-refractivity contribution is 8.21. The van der Waals surface area contributed by atoms with E-state index in [1.165, 1.54) is 6.92 Å². The highest BCUT2D eigenvalue weighted by Gasteiger charge is 2.35. The molecular formula is C9H14O3S2. The molecule has 0 aromatic rings. The van der Waals surface area contributed by atoms with Crippen LogP contribution < -0.4 is 0 Å². The minimum absolute atomic E-state index is 0.0306. The van der Waals surface area contributed by atoms with Crippen LogP contribution in [0.1, 0.15) is 19.8 Å². The largest absolute Gasteiger partial charge is 0.466 e. The van der Waals surface area contributed by atoms with Gasteiger partial charge in [0, 0.05) is 31.3 Å². The van der Waals surface area contributed by atoms with Gasteiger partial charge in [0.2, 0.25) is 0 Å². The molecule has 0 saturated carbocycles. The minimum atomic E-state index is -0.251. The number of ether oxygens (including phenoxy) is 1. The zero-order valence-corrected chi connectivity index (χ0v) is 9.79. The predicted octanol–water partition coefficient (Wildman–Crippen LogP) is 1.70. The van der Waals surface area contributed by atoms with Crippen LogP contribution >= 0.6 is 23.5 Å². The van der Waals surface area contributed by atoms with E-state index < -0.39 is 0 Å². The van der Waals surface area contributed by atoms with Gasteiger partial charge in [0.1, 0.15) is 6.29 Å². The van der Waals surface area contributed by atoms with E-state index in [2.05, 4.69) is 0 Å². The Morgan fingerprint density at radius 3 is 2.64 bits per heavy atom. The lowest BCUT2D eigenvalue weighted by Crippen LogP contribution is -2.21. The van der Waals surface area contributed by atoms with Gasteiger partial charge in [-0.25, -0.2) is 0 Å². The molecule has 0 amide bonds. The van der Waals surface area contributed by atoms with Gasteiger partial charge in [-0.2, -0.15) is 0 Å². The van der Waals surface area contributed by atoms with Crippen molar-refractivity contribution in [1.82, 2.24) is 0 Å². The molecule has 14 heavy (non-hydrogen) atoms. The summed E-state index contributed by atoms with van der Waals surface area (Å²) in [5, 5.41) is 0. The molecule has 0 bridgehead atoms. The first-order valence-electron chi connectivity index (χ1n) is 4.53. The lowest BCUT2D eigenvalue weighted by Gasteiger charge is -2.24. The van der Waals surface area contributed by atoms with Crippen LogP contribution in [-0.2, 0) is 14.3 Å². The molecule has 1 aliphatic heterocycles. The summed E-state index contributed by atoms with van der Waals surface area (Å²) in [6.07, 6.45) is 2.27. The van der Waals surface area contributed by atoms with Gasteiger partial charge in [-0.05, 0) is 0 Å². The van der Waals surface area contributed by atoms with Crippen molar-refractivity contribution in [2.45, 2.75) is 23.8 Å². The molecule has 0 spiro atoms. The maximum atomic E-state index is 10.6. The molecule has 80 valence electrons. The van der Waals surface area contributed by atoms with Crippen molar-refractivity contribution in [3.63, 3.8) is 0 Å². The summed E-state index contributed by atoms with van der Waals surface area (Å²) in [5.74, 6) is 1.91. The number of hydrogen-bond donors (Lipinski definition) is 0. The monoisotopic (exact) mass is 234 g/mol. The van der Waals surface area contributed by atoms with Crippen LogP contribution in [-0.4, -0.2) is 34.4 Å². The van der Waals surface area contributed by atoms with Crippen LogP contribution in [0.2, 0.25) is 0 Å². The number of aldehydes is 1. The molecule has 0 aliphatic carbocycles. The summed E-state index contributed by atoms with van der Waals surface area (Å²) in [7, 11) is 0. The molecule has 3 nitrogen and oxygen atoms in total.